The van der Waals surface area contributed by atoms with E-state index in [2.05, 4.69) is 10.9 Å². The molecule has 0 saturated carbocycles. The van der Waals surface area contributed by atoms with Gasteiger partial charge in [0.25, 0.3) is 0 Å². The summed E-state index contributed by atoms with van der Waals surface area (Å²) in [5.41, 5.74) is 2.82. The molecule has 0 saturated heterocycles. The van der Waals surface area contributed by atoms with Gasteiger partial charge in [-0.25, -0.2) is 0 Å². The van der Waals surface area contributed by atoms with E-state index in [-0.39, 0.29) is 0 Å². The Morgan fingerprint density at radius 3 is 2.10 bits per heavy atom. The minimum Gasteiger partial charge on any atom is -0.375 e. The van der Waals surface area contributed by atoms with Gasteiger partial charge in [0.1, 0.15) is 0 Å². The quantitative estimate of drug-likeness (QED) is 0.653. The third-order valence-electron chi connectivity index (χ3n) is 3.01. The van der Waals surface area contributed by atoms with Gasteiger partial charge in [-0.2, -0.15) is 0 Å². The lowest BCUT2D eigenvalue weighted by Crippen LogP contribution is -2.21. The lowest BCUT2D eigenvalue weighted by molar-refractivity contribution is 0.295. The lowest BCUT2D eigenvalue weighted by atomic mass is 10.0. The van der Waals surface area contributed by atoms with Crippen LogP contribution in [0.15, 0.2) is 65.7 Å². The second-order valence-corrected chi connectivity index (χ2v) is 4.52. The van der Waals surface area contributed by atoms with Crippen LogP contribution < -0.4 is 0 Å². The van der Waals surface area contributed by atoms with Gasteiger partial charge in [-0.05, 0) is 11.1 Å². The molecule has 0 radical (unpaired) electrons. The van der Waals surface area contributed by atoms with E-state index < -0.39 is 6.10 Å². The van der Waals surface area contributed by atoms with E-state index in [1.54, 1.807) is 0 Å². The minimum atomic E-state index is -0.932. The van der Waals surface area contributed by atoms with Gasteiger partial charge in [0.15, 0.2) is 6.10 Å². The van der Waals surface area contributed by atoms with Crippen molar-refractivity contribution in [3.63, 3.8) is 0 Å². The predicted octanol–water partition coefficient (Wildman–Crippen LogP) is 2.86. The second-order valence-electron chi connectivity index (χ2n) is 4.52. The van der Waals surface area contributed by atoms with E-state index in [1.807, 2.05) is 60.7 Å². The fourth-order valence-corrected chi connectivity index (χ4v) is 1.92. The first kappa shape index (κ1) is 14.0. The number of hydrogen-bond donors (Lipinski definition) is 1. The molecule has 2 nitrogen and oxygen atoms in total. The van der Waals surface area contributed by atoms with Gasteiger partial charge < -0.3 is 5.11 Å². The number of nitrogens with zero attached hydrogens (tertiary/aromatic N) is 1. The minimum absolute atomic E-state index is 0.530. The molecule has 0 aromatic heterocycles. The van der Waals surface area contributed by atoms with Crippen molar-refractivity contribution < 1.29 is 5.11 Å². The van der Waals surface area contributed by atoms with Gasteiger partial charge in [-0.1, -0.05) is 66.6 Å². The van der Waals surface area contributed by atoms with Crippen LogP contribution in [-0.4, -0.2) is 16.9 Å². The third-order valence-corrected chi connectivity index (χ3v) is 3.01. The largest absolute Gasteiger partial charge is 0.375 e. The predicted molar refractivity (Wildman–Crippen MR) is 82.6 cm³/mol. The maximum atomic E-state index is 9.89. The van der Waals surface area contributed by atoms with E-state index in [1.165, 1.54) is 0 Å². The van der Waals surface area contributed by atoms with Gasteiger partial charge in [0.05, 0.1) is 12.3 Å². The molecule has 0 unspecified atom stereocenters. The Kier molecular flexibility index (Phi) is 5.11. The molecule has 0 spiro atoms. The maximum absolute atomic E-state index is 9.89. The molecule has 100 valence electrons. The SMILES string of the molecule is C#C[C@H](O)C(Cc1ccccc1)=NCc1ccccc1. The van der Waals surface area contributed by atoms with Gasteiger partial charge >= 0.3 is 0 Å². The zero-order valence-corrected chi connectivity index (χ0v) is 11.2. The highest BCUT2D eigenvalue weighted by molar-refractivity contribution is 5.92. The number of aliphatic imine (C=N–C) groups is 1. The standard InChI is InChI=1S/C18H17NO/c1-2-18(20)17(13-15-9-5-3-6-10-15)19-14-16-11-7-4-8-12-16/h1,3-12,18,20H,13-14H2/t18-/m0/s1. The number of terminal acetylenes is 1. The molecule has 0 aliphatic carbocycles. The summed E-state index contributed by atoms with van der Waals surface area (Å²) in [7, 11) is 0. The first-order valence-corrected chi connectivity index (χ1v) is 6.55. The van der Waals surface area contributed by atoms with Gasteiger partial charge in [0.2, 0.25) is 0 Å². The highest BCUT2D eigenvalue weighted by Gasteiger charge is 2.10. The first-order chi connectivity index (χ1) is 9.79. The summed E-state index contributed by atoms with van der Waals surface area (Å²) >= 11 is 0. The van der Waals surface area contributed by atoms with Crippen LogP contribution in [0.5, 0.6) is 0 Å². The molecule has 2 rings (SSSR count). The molecular formula is C18H17NO. The van der Waals surface area contributed by atoms with E-state index in [0.29, 0.717) is 18.7 Å². The average molecular weight is 263 g/mol. The van der Waals surface area contributed by atoms with Crippen molar-refractivity contribution in [3.05, 3.63) is 71.8 Å². The Bertz CT molecular complexity index is 596. The smallest absolute Gasteiger partial charge is 0.152 e. The molecule has 0 aliphatic rings. The van der Waals surface area contributed by atoms with E-state index in [4.69, 9.17) is 6.42 Å². The number of aliphatic hydroxyl groups is 1. The Hall–Kier alpha value is -2.37. The molecule has 0 fully saturated rings. The van der Waals surface area contributed by atoms with Crippen LogP contribution in [0.4, 0.5) is 0 Å². The Morgan fingerprint density at radius 2 is 1.55 bits per heavy atom. The summed E-state index contributed by atoms with van der Waals surface area (Å²) < 4.78 is 0. The normalized spacial score (nSPS) is 12.7. The molecule has 2 aromatic carbocycles. The van der Waals surface area contributed by atoms with E-state index in [0.717, 1.165) is 11.1 Å². The summed E-state index contributed by atoms with van der Waals surface area (Å²) in [6.45, 7) is 0.530. The zero-order valence-electron chi connectivity index (χ0n) is 11.2. The van der Waals surface area contributed by atoms with Crippen molar-refractivity contribution in [1.29, 1.82) is 0 Å². The highest BCUT2D eigenvalue weighted by atomic mass is 16.3. The Balaban J connectivity index is 2.14. The van der Waals surface area contributed by atoms with Gasteiger partial charge in [-0.15, -0.1) is 6.42 Å². The summed E-state index contributed by atoms with van der Waals surface area (Å²) in [6, 6.07) is 19.8. The first-order valence-electron chi connectivity index (χ1n) is 6.55. The molecule has 0 bridgehead atoms. The molecule has 0 aliphatic heterocycles. The molecule has 1 N–H and O–H groups in total. The molecule has 2 heteroatoms. The van der Waals surface area contributed by atoms with Crippen LogP contribution in [0.25, 0.3) is 0 Å². The number of rotatable bonds is 5. The Labute approximate surface area is 119 Å². The summed E-state index contributed by atoms with van der Waals surface area (Å²) in [4.78, 5) is 4.48. The van der Waals surface area contributed by atoms with Crippen molar-refractivity contribution in [3.8, 4) is 12.3 Å². The van der Waals surface area contributed by atoms with Crippen molar-refractivity contribution in [2.24, 2.45) is 4.99 Å². The van der Waals surface area contributed by atoms with E-state index >= 15 is 0 Å². The fraction of sp³-hybridized carbons (Fsp3) is 0.167. The number of aliphatic hydroxyl groups excluding tert-OH is 1. The summed E-state index contributed by atoms with van der Waals surface area (Å²) in [5.74, 6) is 2.35. The van der Waals surface area contributed by atoms with Crippen molar-refractivity contribution in [1.82, 2.24) is 0 Å². The molecule has 1 atom stereocenters. The monoisotopic (exact) mass is 263 g/mol. The number of hydrogen-bond acceptors (Lipinski definition) is 2. The van der Waals surface area contributed by atoms with Crippen LogP contribution in [-0.2, 0) is 13.0 Å². The second kappa shape index (κ2) is 7.28. The van der Waals surface area contributed by atoms with Crippen molar-refractivity contribution in [2.75, 3.05) is 0 Å². The average Bonchev–Trinajstić information content (AvgIpc) is 2.52. The Morgan fingerprint density at radius 1 is 1.00 bits per heavy atom. The molecular weight excluding hydrogens is 246 g/mol. The highest BCUT2D eigenvalue weighted by Crippen LogP contribution is 2.06. The fourth-order valence-electron chi connectivity index (χ4n) is 1.92. The molecule has 20 heavy (non-hydrogen) atoms. The van der Waals surface area contributed by atoms with Gasteiger partial charge in [-0.3, -0.25) is 4.99 Å². The van der Waals surface area contributed by atoms with Crippen LogP contribution in [0.2, 0.25) is 0 Å². The van der Waals surface area contributed by atoms with Crippen LogP contribution in [0.3, 0.4) is 0 Å². The topological polar surface area (TPSA) is 32.6 Å². The molecule has 2 aromatic rings. The van der Waals surface area contributed by atoms with Crippen molar-refractivity contribution >= 4 is 5.71 Å². The van der Waals surface area contributed by atoms with Gasteiger partial charge in [0, 0.05) is 6.42 Å². The summed E-state index contributed by atoms with van der Waals surface area (Å²) in [5, 5.41) is 9.89. The van der Waals surface area contributed by atoms with Crippen LogP contribution in [0, 0.1) is 12.3 Å². The number of benzene rings is 2. The lowest BCUT2D eigenvalue weighted by Gasteiger charge is -2.09. The van der Waals surface area contributed by atoms with Crippen molar-refractivity contribution in [2.45, 2.75) is 19.1 Å². The van der Waals surface area contributed by atoms with E-state index in [9.17, 15) is 5.11 Å². The van der Waals surface area contributed by atoms with Crippen LogP contribution >= 0.6 is 0 Å². The molecule has 0 amide bonds. The maximum Gasteiger partial charge on any atom is 0.152 e. The van der Waals surface area contributed by atoms with Crippen LogP contribution in [0.1, 0.15) is 11.1 Å². The zero-order chi connectivity index (χ0) is 14.2. The summed E-state index contributed by atoms with van der Waals surface area (Å²) in [6.07, 6.45) is 4.95. The third kappa shape index (κ3) is 4.08. The molecule has 0 heterocycles.